The number of nitrogens with zero attached hydrogens (tertiary/aromatic N) is 1. The summed E-state index contributed by atoms with van der Waals surface area (Å²) in [5.41, 5.74) is 0. The van der Waals surface area contributed by atoms with E-state index >= 15 is 0 Å². The van der Waals surface area contributed by atoms with Crippen molar-refractivity contribution in [1.82, 2.24) is 0 Å². The van der Waals surface area contributed by atoms with Gasteiger partial charge >= 0.3 is 0 Å². The maximum absolute atomic E-state index is 8.87. The van der Waals surface area contributed by atoms with Crippen LogP contribution >= 0.6 is 27.3 Å². The van der Waals surface area contributed by atoms with Gasteiger partial charge in [0.1, 0.15) is 6.10 Å². The number of rotatable bonds is 1. The molecule has 0 spiro atoms. The molecule has 0 radical (unpaired) electrons. The number of hydrogen-bond acceptors (Lipinski definition) is 3. The van der Waals surface area contributed by atoms with E-state index in [1.807, 2.05) is 11.4 Å². The van der Waals surface area contributed by atoms with Crippen LogP contribution in [0.2, 0.25) is 0 Å². The lowest BCUT2D eigenvalue weighted by molar-refractivity contribution is 0.103. The Balaban J connectivity index is 2.21. The second-order valence-electron chi connectivity index (χ2n) is 2.98. The zero-order valence-electron chi connectivity index (χ0n) is 6.87. The van der Waals surface area contributed by atoms with E-state index < -0.39 is 0 Å². The Hall–Kier alpha value is -0.370. The maximum Gasteiger partial charge on any atom is 0.108 e. The molecule has 13 heavy (non-hydrogen) atoms. The third-order valence-electron chi connectivity index (χ3n) is 2.13. The molecule has 0 bridgehead atoms. The highest BCUT2D eigenvalue weighted by Gasteiger charge is 2.30. The quantitative estimate of drug-likeness (QED) is 0.775. The zero-order valence-corrected chi connectivity index (χ0v) is 9.27. The summed E-state index contributed by atoms with van der Waals surface area (Å²) in [5, 5.41) is 10.9. The summed E-state index contributed by atoms with van der Waals surface area (Å²) in [6.07, 6.45) is 0.859. The minimum atomic E-state index is 0.00120. The second kappa shape index (κ2) is 3.79. The molecule has 2 heterocycles. The first-order valence-corrected chi connectivity index (χ1v) is 5.73. The van der Waals surface area contributed by atoms with Gasteiger partial charge in [-0.3, -0.25) is 0 Å². The summed E-state index contributed by atoms with van der Waals surface area (Å²) in [7, 11) is 0. The van der Waals surface area contributed by atoms with E-state index in [9.17, 15) is 0 Å². The number of ether oxygens (including phenoxy) is 1. The number of thiophene rings is 1. The molecule has 0 amide bonds. The molecule has 1 aromatic rings. The SMILES string of the molecule is N#C[C@H]1CCO[C@H]1c1cc(Br)cs1. The molecule has 4 heteroatoms. The van der Waals surface area contributed by atoms with Crippen molar-refractivity contribution >= 4 is 27.3 Å². The van der Waals surface area contributed by atoms with Crippen LogP contribution in [0.4, 0.5) is 0 Å². The van der Waals surface area contributed by atoms with Gasteiger partial charge in [-0.1, -0.05) is 0 Å². The van der Waals surface area contributed by atoms with Crippen LogP contribution in [0.1, 0.15) is 17.4 Å². The van der Waals surface area contributed by atoms with Crippen molar-refractivity contribution in [3.05, 3.63) is 20.8 Å². The first kappa shape index (κ1) is 9.20. The molecule has 2 atom stereocenters. The summed E-state index contributed by atoms with van der Waals surface area (Å²) in [6, 6.07) is 4.32. The van der Waals surface area contributed by atoms with Gasteiger partial charge in [-0.05, 0) is 28.4 Å². The van der Waals surface area contributed by atoms with Crippen LogP contribution in [-0.2, 0) is 4.74 Å². The van der Waals surface area contributed by atoms with E-state index in [1.54, 1.807) is 11.3 Å². The molecule has 2 nitrogen and oxygen atoms in total. The fraction of sp³-hybridized carbons (Fsp3) is 0.444. The standard InChI is InChI=1S/C9H8BrNOS/c10-7-3-8(13-5-7)9-6(4-11)1-2-12-9/h3,5-6,9H,1-2H2/t6-,9-/m1/s1. The molecule has 0 aliphatic carbocycles. The molecule has 1 aromatic heterocycles. The predicted molar refractivity (Wildman–Crippen MR) is 54.4 cm³/mol. The van der Waals surface area contributed by atoms with Crippen molar-refractivity contribution in [3.8, 4) is 6.07 Å². The van der Waals surface area contributed by atoms with E-state index in [-0.39, 0.29) is 12.0 Å². The van der Waals surface area contributed by atoms with Crippen LogP contribution in [0.25, 0.3) is 0 Å². The highest BCUT2D eigenvalue weighted by Crippen LogP contribution is 2.38. The molecule has 0 unspecified atom stereocenters. The average Bonchev–Trinajstić information content (AvgIpc) is 2.71. The van der Waals surface area contributed by atoms with Crippen LogP contribution in [0.5, 0.6) is 0 Å². The molecule has 1 aliphatic rings. The van der Waals surface area contributed by atoms with Crippen LogP contribution in [0, 0.1) is 17.2 Å². The third kappa shape index (κ3) is 1.78. The van der Waals surface area contributed by atoms with E-state index in [0.29, 0.717) is 6.61 Å². The molecule has 68 valence electrons. The van der Waals surface area contributed by atoms with E-state index in [1.165, 1.54) is 0 Å². The lowest BCUT2D eigenvalue weighted by Crippen LogP contribution is -2.02. The van der Waals surface area contributed by atoms with Gasteiger partial charge < -0.3 is 4.74 Å². The summed E-state index contributed by atoms with van der Waals surface area (Å²) in [4.78, 5) is 1.15. The summed E-state index contributed by atoms with van der Waals surface area (Å²) >= 11 is 5.04. The number of halogens is 1. The molecule has 2 rings (SSSR count). The van der Waals surface area contributed by atoms with Gasteiger partial charge in [0, 0.05) is 21.3 Å². The smallest absolute Gasteiger partial charge is 0.108 e. The van der Waals surface area contributed by atoms with Crippen molar-refractivity contribution in [2.75, 3.05) is 6.61 Å². The fourth-order valence-electron chi connectivity index (χ4n) is 1.48. The highest BCUT2D eigenvalue weighted by atomic mass is 79.9. The number of hydrogen-bond donors (Lipinski definition) is 0. The second-order valence-corrected chi connectivity index (χ2v) is 4.84. The van der Waals surface area contributed by atoms with Crippen LogP contribution in [0.15, 0.2) is 15.9 Å². The van der Waals surface area contributed by atoms with Crippen LogP contribution in [-0.4, -0.2) is 6.61 Å². The van der Waals surface area contributed by atoms with Crippen molar-refractivity contribution in [2.24, 2.45) is 5.92 Å². The van der Waals surface area contributed by atoms with Crippen molar-refractivity contribution in [2.45, 2.75) is 12.5 Å². The predicted octanol–water partition coefficient (Wildman–Crippen LogP) is 3.11. The first-order chi connectivity index (χ1) is 6.31. The van der Waals surface area contributed by atoms with E-state index in [2.05, 4.69) is 22.0 Å². The van der Waals surface area contributed by atoms with E-state index in [0.717, 1.165) is 15.8 Å². The van der Waals surface area contributed by atoms with Crippen LogP contribution < -0.4 is 0 Å². The monoisotopic (exact) mass is 257 g/mol. The van der Waals surface area contributed by atoms with Crippen LogP contribution in [0.3, 0.4) is 0 Å². The molecule has 1 aliphatic heterocycles. The molecule has 1 fully saturated rings. The third-order valence-corrected chi connectivity index (χ3v) is 3.88. The van der Waals surface area contributed by atoms with Gasteiger partial charge in [-0.2, -0.15) is 5.26 Å². The molecular formula is C9H8BrNOS. The Morgan fingerprint density at radius 2 is 2.54 bits per heavy atom. The Bertz CT molecular complexity index is 344. The topological polar surface area (TPSA) is 33.0 Å². The highest BCUT2D eigenvalue weighted by molar-refractivity contribution is 9.10. The van der Waals surface area contributed by atoms with Gasteiger partial charge in [0.05, 0.1) is 12.0 Å². The normalized spacial score (nSPS) is 27.4. The zero-order chi connectivity index (χ0) is 9.26. The molecular weight excluding hydrogens is 250 g/mol. The Morgan fingerprint density at radius 3 is 3.15 bits per heavy atom. The molecule has 1 saturated heterocycles. The first-order valence-electron chi connectivity index (χ1n) is 4.06. The van der Waals surface area contributed by atoms with Gasteiger partial charge in [0.2, 0.25) is 0 Å². The molecule has 0 saturated carbocycles. The Morgan fingerprint density at radius 1 is 1.69 bits per heavy atom. The van der Waals surface area contributed by atoms with Gasteiger partial charge in [-0.15, -0.1) is 11.3 Å². The Labute approximate surface area is 89.3 Å². The minimum Gasteiger partial charge on any atom is -0.371 e. The summed E-state index contributed by atoms with van der Waals surface area (Å²) in [5.74, 6) is 0.0329. The lowest BCUT2D eigenvalue weighted by atomic mass is 10.0. The van der Waals surface area contributed by atoms with Crippen molar-refractivity contribution in [1.29, 1.82) is 5.26 Å². The largest absolute Gasteiger partial charge is 0.371 e. The average molecular weight is 258 g/mol. The summed E-state index contributed by atoms with van der Waals surface area (Å²) in [6.45, 7) is 0.707. The fourth-order valence-corrected chi connectivity index (χ4v) is 3.04. The summed E-state index contributed by atoms with van der Waals surface area (Å²) < 4.78 is 6.59. The minimum absolute atomic E-state index is 0.00120. The maximum atomic E-state index is 8.87. The molecule has 0 aromatic carbocycles. The van der Waals surface area contributed by atoms with Gasteiger partial charge in [0.25, 0.3) is 0 Å². The van der Waals surface area contributed by atoms with Crippen molar-refractivity contribution in [3.63, 3.8) is 0 Å². The van der Waals surface area contributed by atoms with E-state index in [4.69, 9.17) is 10.00 Å². The molecule has 0 N–H and O–H groups in total. The lowest BCUT2D eigenvalue weighted by Gasteiger charge is -2.09. The van der Waals surface area contributed by atoms with Gasteiger partial charge in [0.15, 0.2) is 0 Å². The number of nitriles is 1. The Kier molecular flexibility index (Phi) is 2.68. The van der Waals surface area contributed by atoms with Gasteiger partial charge in [-0.25, -0.2) is 0 Å². The van der Waals surface area contributed by atoms with Crippen molar-refractivity contribution < 1.29 is 4.74 Å².